The van der Waals surface area contributed by atoms with E-state index in [1.165, 1.54) is 12.8 Å². The van der Waals surface area contributed by atoms with Crippen LogP contribution >= 0.6 is 24.8 Å². The maximum absolute atomic E-state index is 10.6. The predicted molar refractivity (Wildman–Crippen MR) is 63.1 cm³/mol. The van der Waals surface area contributed by atoms with Gasteiger partial charge >= 0.3 is 5.97 Å². The first-order valence-corrected chi connectivity index (χ1v) is 4.95. The summed E-state index contributed by atoms with van der Waals surface area (Å²) < 4.78 is 0. The molecule has 4 nitrogen and oxygen atoms in total. The van der Waals surface area contributed by atoms with E-state index in [4.69, 9.17) is 5.11 Å². The van der Waals surface area contributed by atoms with Crippen LogP contribution in [-0.2, 0) is 4.79 Å². The Morgan fingerprint density at radius 3 is 2.20 bits per heavy atom. The Bertz CT molecular complexity index is 204. The van der Waals surface area contributed by atoms with Gasteiger partial charge in [-0.05, 0) is 25.9 Å². The quantitative estimate of drug-likeness (QED) is 0.760. The fourth-order valence-electron chi connectivity index (χ4n) is 2.14. The first kappa shape index (κ1) is 15.0. The number of nitrogens with one attached hydrogen (secondary N) is 1. The molecule has 0 aromatic rings. The summed E-state index contributed by atoms with van der Waals surface area (Å²) in [5.74, 6) is -0.736. The number of carboxylic acids is 1. The van der Waals surface area contributed by atoms with Gasteiger partial charge in [-0.15, -0.1) is 24.8 Å². The summed E-state index contributed by atoms with van der Waals surface area (Å²) in [7, 11) is 0. The molecule has 0 aromatic heterocycles. The molecule has 2 N–H and O–H groups in total. The number of hydrogen-bond donors (Lipinski definition) is 2. The van der Waals surface area contributed by atoms with Crippen molar-refractivity contribution in [2.75, 3.05) is 26.2 Å². The Balaban J connectivity index is 0.000000980. The van der Waals surface area contributed by atoms with E-state index >= 15 is 0 Å². The number of rotatable bonds is 2. The number of halogens is 2. The zero-order valence-electron chi connectivity index (χ0n) is 8.52. The summed E-state index contributed by atoms with van der Waals surface area (Å²) in [5, 5.41) is 12.0. The summed E-state index contributed by atoms with van der Waals surface area (Å²) in [4.78, 5) is 12.9. The maximum atomic E-state index is 10.6. The van der Waals surface area contributed by atoms with Gasteiger partial charge in [-0.25, -0.2) is 0 Å². The number of likely N-dealkylation sites (tertiary alicyclic amines) is 1. The molecular weight excluding hydrogens is 239 g/mol. The van der Waals surface area contributed by atoms with Crippen molar-refractivity contribution in [2.24, 2.45) is 5.92 Å². The zero-order valence-corrected chi connectivity index (χ0v) is 10.1. The van der Waals surface area contributed by atoms with Crippen LogP contribution in [0.25, 0.3) is 0 Å². The average Bonchev–Trinajstić information content (AvgIpc) is 2.02. The Morgan fingerprint density at radius 2 is 1.73 bits per heavy atom. The van der Waals surface area contributed by atoms with E-state index in [0.717, 1.165) is 26.2 Å². The molecule has 0 aromatic carbocycles. The molecule has 2 aliphatic heterocycles. The SMILES string of the molecule is Cl.Cl.O=C(O)C1CN(C2CCNCC2)C1. The number of aliphatic carboxylic acids is 1. The highest BCUT2D eigenvalue weighted by Gasteiger charge is 2.36. The lowest BCUT2D eigenvalue weighted by molar-refractivity contribution is -0.148. The van der Waals surface area contributed by atoms with Gasteiger partial charge in [-0.1, -0.05) is 0 Å². The number of nitrogens with zero attached hydrogens (tertiary/aromatic N) is 1. The second-order valence-corrected chi connectivity index (χ2v) is 3.97. The molecule has 0 amide bonds. The van der Waals surface area contributed by atoms with Crippen molar-refractivity contribution in [3.8, 4) is 0 Å². The van der Waals surface area contributed by atoms with Crippen molar-refractivity contribution in [3.63, 3.8) is 0 Å². The van der Waals surface area contributed by atoms with Crippen LogP contribution in [0.3, 0.4) is 0 Å². The molecule has 0 bridgehead atoms. The van der Waals surface area contributed by atoms with Crippen LogP contribution in [0, 0.1) is 5.92 Å². The minimum Gasteiger partial charge on any atom is -0.481 e. The molecular formula is C9H18Cl2N2O2. The molecule has 2 saturated heterocycles. The highest BCUT2D eigenvalue weighted by Crippen LogP contribution is 2.22. The van der Waals surface area contributed by atoms with Gasteiger partial charge in [0.2, 0.25) is 0 Å². The van der Waals surface area contributed by atoms with E-state index in [2.05, 4.69) is 10.2 Å². The molecule has 0 unspecified atom stereocenters. The minimum absolute atomic E-state index is 0. The van der Waals surface area contributed by atoms with Gasteiger partial charge in [0.15, 0.2) is 0 Å². The summed E-state index contributed by atoms with van der Waals surface area (Å²) in [6.45, 7) is 3.69. The predicted octanol–water partition coefficient (Wildman–Crippen LogP) is 0.598. The van der Waals surface area contributed by atoms with Gasteiger partial charge in [0.1, 0.15) is 0 Å². The van der Waals surface area contributed by atoms with Gasteiger partial charge < -0.3 is 10.4 Å². The van der Waals surface area contributed by atoms with Crippen molar-refractivity contribution < 1.29 is 9.90 Å². The Morgan fingerprint density at radius 1 is 1.20 bits per heavy atom. The third kappa shape index (κ3) is 3.48. The van der Waals surface area contributed by atoms with E-state index in [1.54, 1.807) is 0 Å². The van der Waals surface area contributed by atoms with Crippen LogP contribution in [-0.4, -0.2) is 48.2 Å². The Labute approximate surface area is 102 Å². The molecule has 0 aliphatic carbocycles. The molecule has 15 heavy (non-hydrogen) atoms. The fourth-order valence-corrected chi connectivity index (χ4v) is 2.14. The first-order chi connectivity index (χ1) is 6.27. The lowest BCUT2D eigenvalue weighted by Crippen LogP contribution is -2.56. The molecule has 6 heteroatoms. The smallest absolute Gasteiger partial charge is 0.309 e. The van der Waals surface area contributed by atoms with Crippen LogP contribution in [0.2, 0.25) is 0 Å². The van der Waals surface area contributed by atoms with Crippen molar-refractivity contribution in [1.82, 2.24) is 10.2 Å². The number of hydrogen-bond acceptors (Lipinski definition) is 3. The highest BCUT2D eigenvalue weighted by molar-refractivity contribution is 5.85. The normalized spacial score (nSPS) is 23.5. The van der Waals surface area contributed by atoms with Gasteiger partial charge in [0, 0.05) is 19.1 Å². The van der Waals surface area contributed by atoms with E-state index < -0.39 is 5.97 Å². The number of piperidine rings is 1. The minimum atomic E-state index is -0.634. The highest BCUT2D eigenvalue weighted by atomic mass is 35.5. The average molecular weight is 257 g/mol. The molecule has 2 aliphatic rings. The fraction of sp³-hybridized carbons (Fsp3) is 0.889. The monoisotopic (exact) mass is 256 g/mol. The van der Waals surface area contributed by atoms with Gasteiger partial charge in [0.05, 0.1) is 5.92 Å². The maximum Gasteiger partial charge on any atom is 0.309 e. The summed E-state index contributed by atoms with van der Waals surface area (Å²) in [5.41, 5.74) is 0. The second-order valence-electron chi connectivity index (χ2n) is 3.97. The lowest BCUT2D eigenvalue weighted by atomic mass is 9.94. The molecule has 0 atom stereocenters. The van der Waals surface area contributed by atoms with E-state index in [1.807, 2.05) is 0 Å². The third-order valence-corrected chi connectivity index (χ3v) is 3.08. The standard InChI is InChI=1S/C9H16N2O2.2ClH/c12-9(13)7-5-11(6-7)8-1-3-10-4-2-8;;/h7-8,10H,1-6H2,(H,12,13);2*1H. The zero-order chi connectivity index (χ0) is 9.26. The Kier molecular flexibility index (Phi) is 6.52. The van der Waals surface area contributed by atoms with E-state index in [0.29, 0.717) is 6.04 Å². The van der Waals surface area contributed by atoms with Crippen LogP contribution in [0.15, 0.2) is 0 Å². The van der Waals surface area contributed by atoms with Gasteiger partial charge in [-0.2, -0.15) is 0 Å². The topological polar surface area (TPSA) is 52.6 Å². The lowest BCUT2D eigenvalue weighted by Gasteiger charge is -2.44. The summed E-state index contributed by atoms with van der Waals surface area (Å²) in [6, 6.07) is 0.636. The molecule has 0 radical (unpaired) electrons. The molecule has 2 fully saturated rings. The second kappa shape index (κ2) is 6.53. The molecule has 2 rings (SSSR count). The molecule has 90 valence electrons. The number of carbonyl (C=O) groups is 1. The van der Waals surface area contributed by atoms with E-state index in [9.17, 15) is 4.79 Å². The summed E-state index contributed by atoms with van der Waals surface area (Å²) >= 11 is 0. The van der Waals surface area contributed by atoms with Crippen LogP contribution in [0.4, 0.5) is 0 Å². The molecule has 0 saturated carbocycles. The third-order valence-electron chi connectivity index (χ3n) is 3.08. The van der Waals surface area contributed by atoms with E-state index in [-0.39, 0.29) is 30.7 Å². The first-order valence-electron chi connectivity index (χ1n) is 4.95. The van der Waals surface area contributed by atoms with Crippen molar-refractivity contribution in [2.45, 2.75) is 18.9 Å². The summed E-state index contributed by atoms with van der Waals surface area (Å²) in [6.07, 6.45) is 2.35. The molecule has 2 heterocycles. The van der Waals surface area contributed by atoms with Crippen molar-refractivity contribution >= 4 is 30.8 Å². The van der Waals surface area contributed by atoms with Crippen LogP contribution in [0.1, 0.15) is 12.8 Å². The van der Waals surface area contributed by atoms with Crippen LogP contribution < -0.4 is 5.32 Å². The largest absolute Gasteiger partial charge is 0.481 e. The van der Waals surface area contributed by atoms with Gasteiger partial charge in [-0.3, -0.25) is 9.69 Å². The Hall–Kier alpha value is -0.0300. The van der Waals surface area contributed by atoms with Crippen molar-refractivity contribution in [1.29, 1.82) is 0 Å². The van der Waals surface area contributed by atoms with Crippen molar-refractivity contribution in [3.05, 3.63) is 0 Å². The van der Waals surface area contributed by atoms with Crippen LogP contribution in [0.5, 0.6) is 0 Å². The number of carboxylic acid groups (broad SMARTS) is 1. The van der Waals surface area contributed by atoms with Gasteiger partial charge in [0.25, 0.3) is 0 Å². The molecule has 0 spiro atoms.